The number of thiocarbonyl (C=S) groups is 1. The molecule has 0 atom stereocenters. The number of ether oxygens (including phenoxy) is 3. The highest BCUT2D eigenvalue weighted by Crippen LogP contribution is 2.32. The van der Waals surface area contributed by atoms with Gasteiger partial charge in [0.05, 0.1) is 18.4 Å². The zero-order chi connectivity index (χ0) is 21.6. The number of rotatable bonds is 7. The summed E-state index contributed by atoms with van der Waals surface area (Å²) in [6.07, 6.45) is 0.193. The average molecular weight is 452 g/mol. The van der Waals surface area contributed by atoms with Gasteiger partial charge in [-0.3, -0.25) is 9.52 Å². The first-order valence-corrected chi connectivity index (χ1v) is 10.9. The molecular formula is C19H21N3O6S2. The molecule has 0 fully saturated rings. The lowest BCUT2D eigenvalue weighted by molar-refractivity contribution is -0.140. The van der Waals surface area contributed by atoms with Gasteiger partial charge in [0.25, 0.3) is 10.0 Å². The number of carbonyl (C=O) groups excluding carboxylic acids is 1. The van der Waals surface area contributed by atoms with E-state index in [0.717, 1.165) is 0 Å². The quantitative estimate of drug-likeness (QED) is 0.430. The first-order chi connectivity index (χ1) is 14.4. The summed E-state index contributed by atoms with van der Waals surface area (Å²) in [4.78, 5) is 11.2. The van der Waals surface area contributed by atoms with Crippen LogP contribution in [-0.2, 0) is 19.6 Å². The van der Waals surface area contributed by atoms with Crippen LogP contribution >= 0.6 is 12.2 Å². The Balaban J connectivity index is 1.58. The molecule has 0 spiro atoms. The molecular weight excluding hydrogens is 430 g/mol. The third-order valence-corrected chi connectivity index (χ3v) is 5.69. The molecule has 2 aromatic rings. The maximum absolute atomic E-state index is 12.7. The van der Waals surface area contributed by atoms with Gasteiger partial charge >= 0.3 is 5.97 Å². The molecule has 160 valence electrons. The number of methoxy groups -OCH3 is 1. The highest BCUT2D eigenvalue weighted by atomic mass is 32.2. The second-order valence-corrected chi connectivity index (χ2v) is 8.29. The second kappa shape index (κ2) is 9.63. The van der Waals surface area contributed by atoms with Gasteiger partial charge in [-0.2, -0.15) is 0 Å². The summed E-state index contributed by atoms with van der Waals surface area (Å²) in [5, 5.41) is 6.17. The zero-order valence-electron chi connectivity index (χ0n) is 16.1. The van der Waals surface area contributed by atoms with Gasteiger partial charge in [-0.1, -0.05) is 0 Å². The molecule has 1 heterocycles. The topological polar surface area (TPSA) is 115 Å². The third-order valence-electron chi connectivity index (χ3n) is 4.06. The number of nitrogens with one attached hydrogen (secondary N) is 3. The molecule has 1 aliphatic heterocycles. The summed E-state index contributed by atoms with van der Waals surface area (Å²) < 4.78 is 43.2. The number of fused-ring (bicyclic) bond motifs is 1. The average Bonchev–Trinajstić information content (AvgIpc) is 2.74. The van der Waals surface area contributed by atoms with Crippen LogP contribution in [0.15, 0.2) is 47.4 Å². The van der Waals surface area contributed by atoms with E-state index in [9.17, 15) is 13.2 Å². The molecule has 0 aromatic heterocycles. The van der Waals surface area contributed by atoms with Crippen LogP contribution in [-0.4, -0.2) is 46.4 Å². The van der Waals surface area contributed by atoms with Crippen LogP contribution in [0.25, 0.3) is 0 Å². The molecule has 0 bridgehead atoms. The van der Waals surface area contributed by atoms with Crippen LogP contribution in [0, 0.1) is 0 Å². The van der Waals surface area contributed by atoms with Crippen molar-refractivity contribution in [3.8, 4) is 11.5 Å². The first-order valence-electron chi connectivity index (χ1n) is 9.01. The van der Waals surface area contributed by atoms with E-state index in [-0.39, 0.29) is 17.3 Å². The van der Waals surface area contributed by atoms with Crippen molar-refractivity contribution in [1.82, 2.24) is 5.32 Å². The summed E-state index contributed by atoms with van der Waals surface area (Å²) in [6, 6.07) is 11.0. The van der Waals surface area contributed by atoms with Crippen molar-refractivity contribution >= 4 is 44.7 Å². The largest absolute Gasteiger partial charge is 0.486 e. The van der Waals surface area contributed by atoms with E-state index in [4.69, 9.17) is 21.7 Å². The fourth-order valence-electron chi connectivity index (χ4n) is 2.58. The number of sulfonamides is 1. The molecule has 11 heteroatoms. The Kier molecular flexibility index (Phi) is 6.95. The summed E-state index contributed by atoms with van der Waals surface area (Å²) in [5.74, 6) is 0.587. The Bertz CT molecular complexity index is 1030. The Morgan fingerprint density at radius 1 is 1.07 bits per heavy atom. The van der Waals surface area contributed by atoms with Gasteiger partial charge in [-0.25, -0.2) is 8.42 Å². The predicted molar refractivity (Wildman–Crippen MR) is 116 cm³/mol. The maximum atomic E-state index is 12.7. The van der Waals surface area contributed by atoms with E-state index in [0.29, 0.717) is 47.7 Å². The number of hydrogen-bond donors (Lipinski definition) is 3. The van der Waals surface area contributed by atoms with Crippen LogP contribution in [0.3, 0.4) is 0 Å². The van der Waals surface area contributed by atoms with Crippen molar-refractivity contribution in [2.75, 3.05) is 36.9 Å². The number of anilines is 2. The summed E-state index contributed by atoms with van der Waals surface area (Å²) in [7, 11) is -2.47. The van der Waals surface area contributed by atoms with Crippen molar-refractivity contribution in [3.63, 3.8) is 0 Å². The van der Waals surface area contributed by atoms with Gasteiger partial charge in [-0.05, 0) is 48.6 Å². The van der Waals surface area contributed by atoms with Gasteiger partial charge in [0.15, 0.2) is 16.6 Å². The molecule has 0 radical (unpaired) electrons. The molecule has 0 unspecified atom stereocenters. The maximum Gasteiger partial charge on any atom is 0.307 e. The van der Waals surface area contributed by atoms with E-state index in [2.05, 4.69) is 20.1 Å². The Morgan fingerprint density at radius 2 is 1.73 bits per heavy atom. The molecule has 3 N–H and O–H groups in total. The van der Waals surface area contributed by atoms with Crippen LogP contribution in [0.2, 0.25) is 0 Å². The predicted octanol–water partition coefficient (Wildman–Crippen LogP) is 2.11. The van der Waals surface area contributed by atoms with E-state index >= 15 is 0 Å². The lowest BCUT2D eigenvalue weighted by Gasteiger charge is -2.19. The fraction of sp³-hybridized carbons (Fsp3) is 0.263. The first kappa shape index (κ1) is 21.7. The van der Waals surface area contributed by atoms with E-state index < -0.39 is 10.0 Å². The third kappa shape index (κ3) is 5.74. The Labute approximate surface area is 179 Å². The molecule has 0 aliphatic carbocycles. The Hall–Kier alpha value is -3.05. The molecule has 30 heavy (non-hydrogen) atoms. The zero-order valence-corrected chi connectivity index (χ0v) is 17.8. The standard InChI is InChI=1S/C19H21N3O6S2/c1-26-18(23)8-9-20-19(29)21-13-2-4-14(5-3-13)22-30(24,25)15-6-7-16-17(12-15)28-11-10-27-16/h2-7,12,22H,8-11H2,1H3,(H2,20,21,29). The highest BCUT2D eigenvalue weighted by Gasteiger charge is 2.19. The van der Waals surface area contributed by atoms with Crippen molar-refractivity contribution < 1.29 is 27.4 Å². The lowest BCUT2D eigenvalue weighted by atomic mass is 10.3. The van der Waals surface area contributed by atoms with Crippen LogP contribution in [0.4, 0.5) is 11.4 Å². The molecule has 3 rings (SSSR count). The molecule has 0 saturated heterocycles. The van der Waals surface area contributed by atoms with Crippen LogP contribution in [0.1, 0.15) is 6.42 Å². The highest BCUT2D eigenvalue weighted by molar-refractivity contribution is 7.92. The minimum atomic E-state index is -3.79. The van der Waals surface area contributed by atoms with Gasteiger partial charge < -0.3 is 24.8 Å². The van der Waals surface area contributed by atoms with Crippen molar-refractivity contribution in [2.45, 2.75) is 11.3 Å². The number of hydrogen-bond acceptors (Lipinski definition) is 7. The van der Waals surface area contributed by atoms with Gasteiger partial charge in [0.1, 0.15) is 13.2 Å². The Morgan fingerprint density at radius 3 is 2.43 bits per heavy atom. The molecule has 1 aliphatic rings. The molecule has 0 amide bonds. The van der Waals surface area contributed by atoms with Crippen molar-refractivity contribution in [2.24, 2.45) is 0 Å². The van der Waals surface area contributed by atoms with Crippen molar-refractivity contribution in [3.05, 3.63) is 42.5 Å². The number of esters is 1. The monoisotopic (exact) mass is 451 g/mol. The van der Waals surface area contributed by atoms with Gasteiger partial charge in [-0.15, -0.1) is 0 Å². The van der Waals surface area contributed by atoms with E-state index in [1.54, 1.807) is 30.3 Å². The lowest BCUT2D eigenvalue weighted by Crippen LogP contribution is -2.30. The SMILES string of the molecule is COC(=O)CCNC(=S)Nc1ccc(NS(=O)(=O)c2ccc3c(c2)OCCO3)cc1. The van der Waals surface area contributed by atoms with E-state index in [1.165, 1.54) is 19.2 Å². The van der Waals surface area contributed by atoms with E-state index in [1.807, 2.05) is 0 Å². The van der Waals surface area contributed by atoms with Gasteiger partial charge in [0.2, 0.25) is 0 Å². The summed E-state index contributed by atoms with van der Waals surface area (Å²) >= 11 is 5.15. The fourth-order valence-corrected chi connectivity index (χ4v) is 3.88. The molecule has 2 aromatic carbocycles. The van der Waals surface area contributed by atoms with Gasteiger partial charge in [0, 0.05) is 24.0 Å². The normalized spacial score (nSPS) is 12.6. The summed E-state index contributed by atoms with van der Waals surface area (Å²) in [5.41, 5.74) is 1.05. The molecule has 0 saturated carbocycles. The smallest absolute Gasteiger partial charge is 0.307 e. The number of benzene rings is 2. The van der Waals surface area contributed by atoms with Crippen LogP contribution < -0.4 is 24.8 Å². The van der Waals surface area contributed by atoms with Crippen molar-refractivity contribution in [1.29, 1.82) is 0 Å². The minimum Gasteiger partial charge on any atom is -0.486 e. The molecule has 9 nitrogen and oxygen atoms in total. The summed E-state index contributed by atoms with van der Waals surface area (Å²) in [6.45, 7) is 1.14. The number of carbonyl (C=O) groups is 1. The van der Waals surface area contributed by atoms with Crippen LogP contribution in [0.5, 0.6) is 11.5 Å². The second-order valence-electron chi connectivity index (χ2n) is 6.20. The minimum absolute atomic E-state index is 0.0740.